The highest BCUT2D eigenvalue weighted by Crippen LogP contribution is 2.44. The van der Waals surface area contributed by atoms with Gasteiger partial charge in [0.25, 0.3) is 0 Å². The molecule has 0 spiro atoms. The first-order valence-electron chi connectivity index (χ1n) is 6.62. The van der Waals surface area contributed by atoms with Crippen molar-refractivity contribution in [3.63, 3.8) is 0 Å². The third kappa shape index (κ3) is 2.24. The van der Waals surface area contributed by atoms with Crippen LogP contribution in [0.15, 0.2) is 0 Å². The summed E-state index contributed by atoms with van der Waals surface area (Å²) in [4.78, 5) is 13.7. The second kappa shape index (κ2) is 4.74. The van der Waals surface area contributed by atoms with Crippen molar-refractivity contribution in [2.75, 3.05) is 13.6 Å². The molecule has 3 heteroatoms. The maximum Gasteiger partial charge on any atom is 0.239 e. The summed E-state index contributed by atoms with van der Waals surface area (Å²) in [5.41, 5.74) is 0. The zero-order chi connectivity index (χ0) is 11.7. The quantitative estimate of drug-likeness (QED) is 0.787. The molecule has 2 bridgehead atoms. The molecule has 0 radical (unpaired) electrons. The van der Waals surface area contributed by atoms with Crippen molar-refractivity contribution in [2.24, 2.45) is 11.8 Å². The predicted octanol–water partition coefficient (Wildman–Crippen LogP) is 1.63. The van der Waals surface area contributed by atoms with Crippen LogP contribution in [0.5, 0.6) is 0 Å². The first-order valence-corrected chi connectivity index (χ1v) is 6.62. The molecule has 2 rings (SSSR count). The fourth-order valence-corrected chi connectivity index (χ4v) is 3.33. The molecule has 0 aliphatic heterocycles. The molecule has 1 N–H and O–H groups in total. The van der Waals surface area contributed by atoms with Crippen molar-refractivity contribution in [1.29, 1.82) is 0 Å². The van der Waals surface area contributed by atoms with Crippen molar-refractivity contribution < 1.29 is 4.79 Å². The second-order valence-electron chi connectivity index (χ2n) is 5.52. The number of rotatable bonds is 4. The molecule has 0 saturated heterocycles. The van der Waals surface area contributed by atoms with Crippen LogP contribution in [0.3, 0.4) is 0 Å². The Morgan fingerprint density at radius 2 is 2.19 bits per heavy atom. The fourth-order valence-electron chi connectivity index (χ4n) is 3.33. The Hall–Kier alpha value is -0.570. The van der Waals surface area contributed by atoms with Crippen LogP contribution in [0.4, 0.5) is 0 Å². The van der Waals surface area contributed by atoms with E-state index in [1.165, 1.54) is 25.7 Å². The van der Waals surface area contributed by atoms with Crippen LogP contribution < -0.4 is 5.32 Å². The Labute approximate surface area is 98.6 Å². The van der Waals surface area contributed by atoms with E-state index in [2.05, 4.69) is 5.32 Å². The molecular formula is C13H24N2O. The third-order valence-electron chi connectivity index (χ3n) is 4.42. The fraction of sp³-hybridized carbons (Fsp3) is 0.923. The van der Waals surface area contributed by atoms with Crippen LogP contribution in [0.1, 0.15) is 39.5 Å². The maximum absolute atomic E-state index is 11.9. The Balaban J connectivity index is 1.83. The van der Waals surface area contributed by atoms with Crippen LogP contribution >= 0.6 is 0 Å². The summed E-state index contributed by atoms with van der Waals surface area (Å²) in [7, 11) is 1.88. The van der Waals surface area contributed by atoms with E-state index in [9.17, 15) is 4.79 Å². The molecule has 92 valence electrons. The van der Waals surface area contributed by atoms with Gasteiger partial charge < -0.3 is 10.2 Å². The Bertz CT molecular complexity index is 267. The van der Waals surface area contributed by atoms with Gasteiger partial charge in [0.05, 0.1) is 6.04 Å². The average Bonchev–Trinajstić information content (AvgIpc) is 2.88. The summed E-state index contributed by atoms with van der Waals surface area (Å²) in [6.07, 6.45) is 5.47. The SMILES string of the molecule is CCN(C)C(=O)C(C)NC1CC2CCC1C2. The highest BCUT2D eigenvalue weighted by molar-refractivity contribution is 5.81. The number of nitrogens with zero attached hydrogens (tertiary/aromatic N) is 1. The van der Waals surface area contributed by atoms with Gasteiger partial charge in [0.2, 0.25) is 5.91 Å². The van der Waals surface area contributed by atoms with Crippen LogP contribution in [0, 0.1) is 11.8 Å². The molecule has 1 amide bonds. The first-order chi connectivity index (χ1) is 7.61. The van der Waals surface area contributed by atoms with Crippen molar-refractivity contribution in [3.05, 3.63) is 0 Å². The molecular weight excluding hydrogens is 200 g/mol. The molecule has 0 aromatic carbocycles. The summed E-state index contributed by atoms with van der Waals surface area (Å²) >= 11 is 0. The monoisotopic (exact) mass is 224 g/mol. The summed E-state index contributed by atoms with van der Waals surface area (Å²) in [6, 6.07) is 0.581. The largest absolute Gasteiger partial charge is 0.345 e. The summed E-state index contributed by atoms with van der Waals surface area (Å²) < 4.78 is 0. The van der Waals surface area contributed by atoms with Gasteiger partial charge in [0.15, 0.2) is 0 Å². The van der Waals surface area contributed by atoms with E-state index >= 15 is 0 Å². The molecule has 2 aliphatic carbocycles. The molecule has 2 fully saturated rings. The van der Waals surface area contributed by atoms with Crippen LogP contribution in [0.25, 0.3) is 0 Å². The van der Waals surface area contributed by atoms with Gasteiger partial charge in [0, 0.05) is 19.6 Å². The summed E-state index contributed by atoms with van der Waals surface area (Å²) in [5.74, 6) is 2.01. The zero-order valence-electron chi connectivity index (χ0n) is 10.7. The Morgan fingerprint density at radius 3 is 2.69 bits per heavy atom. The van der Waals surface area contributed by atoms with E-state index in [4.69, 9.17) is 0 Å². The van der Waals surface area contributed by atoms with Crippen molar-refractivity contribution in [1.82, 2.24) is 10.2 Å². The second-order valence-corrected chi connectivity index (χ2v) is 5.52. The van der Waals surface area contributed by atoms with Gasteiger partial charge in [-0.25, -0.2) is 0 Å². The maximum atomic E-state index is 11.9. The lowest BCUT2D eigenvalue weighted by atomic mass is 9.95. The van der Waals surface area contributed by atoms with Gasteiger partial charge >= 0.3 is 0 Å². The minimum absolute atomic E-state index is 0.0192. The minimum Gasteiger partial charge on any atom is -0.345 e. The van der Waals surface area contributed by atoms with Crippen molar-refractivity contribution in [3.8, 4) is 0 Å². The number of fused-ring (bicyclic) bond motifs is 2. The molecule has 4 atom stereocenters. The van der Waals surface area contributed by atoms with E-state index in [0.717, 1.165) is 18.4 Å². The highest BCUT2D eigenvalue weighted by Gasteiger charge is 2.40. The lowest BCUT2D eigenvalue weighted by Crippen LogP contribution is -2.48. The van der Waals surface area contributed by atoms with Gasteiger partial charge in [-0.2, -0.15) is 0 Å². The molecule has 4 unspecified atom stereocenters. The minimum atomic E-state index is -0.0192. The number of carbonyl (C=O) groups excluding carboxylic acids is 1. The van der Waals surface area contributed by atoms with Crippen molar-refractivity contribution in [2.45, 2.75) is 51.6 Å². The first kappa shape index (κ1) is 11.9. The predicted molar refractivity (Wildman–Crippen MR) is 65.1 cm³/mol. The van der Waals surface area contributed by atoms with Gasteiger partial charge in [-0.05, 0) is 44.9 Å². The number of likely N-dealkylation sites (N-methyl/N-ethyl adjacent to an activating group) is 1. The normalized spacial score (nSPS) is 34.1. The molecule has 3 nitrogen and oxygen atoms in total. The molecule has 2 saturated carbocycles. The molecule has 16 heavy (non-hydrogen) atoms. The highest BCUT2D eigenvalue weighted by atomic mass is 16.2. The third-order valence-corrected chi connectivity index (χ3v) is 4.42. The lowest BCUT2D eigenvalue weighted by Gasteiger charge is -2.28. The van der Waals surface area contributed by atoms with Gasteiger partial charge in [-0.1, -0.05) is 6.42 Å². The zero-order valence-corrected chi connectivity index (χ0v) is 10.7. The molecule has 2 aliphatic rings. The summed E-state index contributed by atoms with van der Waals surface area (Å²) in [5, 5.41) is 3.53. The van der Waals surface area contributed by atoms with E-state index in [1.54, 1.807) is 4.90 Å². The van der Waals surface area contributed by atoms with E-state index in [0.29, 0.717) is 6.04 Å². The van der Waals surface area contributed by atoms with Crippen LogP contribution in [-0.4, -0.2) is 36.5 Å². The number of amides is 1. The number of hydrogen-bond donors (Lipinski definition) is 1. The van der Waals surface area contributed by atoms with Crippen molar-refractivity contribution >= 4 is 5.91 Å². The number of carbonyl (C=O) groups is 1. The Morgan fingerprint density at radius 1 is 1.44 bits per heavy atom. The Kier molecular flexibility index (Phi) is 3.53. The lowest BCUT2D eigenvalue weighted by molar-refractivity contribution is -0.131. The number of nitrogens with one attached hydrogen (secondary N) is 1. The molecule has 0 aromatic rings. The standard InChI is InChI=1S/C13H24N2O/c1-4-15(3)13(16)9(2)14-12-8-10-5-6-11(12)7-10/h9-12,14H,4-8H2,1-3H3. The smallest absolute Gasteiger partial charge is 0.239 e. The van der Waals surface area contributed by atoms with E-state index < -0.39 is 0 Å². The molecule has 0 aromatic heterocycles. The van der Waals surface area contributed by atoms with Gasteiger partial charge in [-0.15, -0.1) is 0 Å². The van der Waals surface area contributed by atoms with E-state index in [1.807, 2.05) is 20.9 Å². The average molecular weight is 224 g/mol. The molecule has 0 heterocycles. The van der Waals surface area contributed by atoms with E-state index in [-0.39, 0.29) is 11.9 Å². The van der Waals surface area contributed by atoms with Crippen LogP contribution in [-0.2, 0) is 4.79 Å². The number of hydrogen-bond acceptors (Lipinski definition) is 2. The summed E-state index contributed by atoms with van der Waals surface area (Å²) in [6.45, 7) is 4.81. The van der Waals surface area contributed by atoms with Gasteiger partial charge in [-0.3, -0.25) is 4.79 Å². The topological polar surface area (TPSA) is 32.3 Å². The van der Waals surface area contributed by atoms with Gasteiger partial charge in [0.1, 0.15) is 0 Å². The van der Waals surface area contributed by atoms with Crippen LogP contribution in [0.2, 0.25) is 0 Å².